The van der Waals surface area contributed by atoms with Crippen molar-refractivity contribution in [2.24, 2.45) is 14.1 Å². The summed E-state index contributed by atoms with van der Waals surface area (Å²) in [5, 5.41) is 15.7. The Morgan fingerprint density at radius 3 is 2.46 bits per heavy atom. The lowest BCUT2D eigenvalue weighted by Gasteiger charge is -2.12. The van der Waals surface area contributed by atoms with E-state index in [0.29, 0.717) is 5.56 Å². The normalized spacial score (nSPS) is 11.2. The van der Waals surface area contributed by atoms with Gasteiger partial charge < -0.3 is 4.57 Å². The minimum Gasteiger partial charge on any atom is -0.349 e. The van der Waals surface area contributed by atoms with Gasteiger partial charge in [-0.3, -0.25) is 9.67 Å². The lowest BCUT2D eigenvalue weighted by molar-refractivity contribution is 0.797. The van der Waals surface area contributed by atoms with Gasteiger partial charge in [-0.05, 0) is 35.9 Å². The zero-order valence-corrected chi connectivity index (χ0v) is 15.6. The molecule has 5 nitrogen and oxygen atoms in total. The minimum atomic E-state index is 0.648. The highest BCUT2D eigenvalue weighted by molar-refractivity contribution is 6.02. The van der Waals surface area contributed by atoms with E-state index in [-0.39, 0.29) is 0 Å². The van der Waals surface area contributed by atoms with E-state index >= 15 is 0 Å². The molecule has 0 aliphatic rings. The van der Waals surface area contributed by atoms with E-state index in [4.69, 9.17) is 10.2 Å². The Labute approximate surface area is 162 Å². The number of benzene rings is 2. The van der Waals surface area contributed by atoms with Crippen LogP contribution in [-0.2, 0) is 14.1 Å². The average Bonchev–Trinajstić information content (AvgIpc) is 3.30. The van der Waals surface area contributed by atoms with Gasteiger partial charge in [0.15, 0.2) is 0 Å². The van der Waals surface area contributed by atoms with Crippen LogP contribution in [-0.4, -0.2) is 19.3 Å². The summed E-state index contributed by atoms with van der Waals surface area (Å²) < 4.78 is 3.94. The first-order chi connectivity index (χ1) is 13.7. The largest absolute Gasteiger partial charge is 0.349 e. The van der Waals surface area contributed by atoms with Gasteiger partial charge in [0, 0.05) is 42.2 Å². The molecule has 3 aromatic heterocycles. The van der Waals surface area contributed by atoms with Crippen LogP contribution in [0.4, 0.5) is 0 Å². The Balaban J connectivity index is 1.81. The molecule has 0 bridgehead atoms. The van der Waals surface area contributed by atoms with E-state index in [9.17, 15) is 0 Å². The summed E-state index contributed by atoms with van der Waals surface area (Å²) in [6.45, 7) is 0. The van der Waals surface area contributed by atoms with E-state index in [1.165, 1.54) is 0 Å². The molecule has 0 fully saturated rings. The molecule has 0 unspecified atom stereocenters. The fraction of sp³-hybridized carbons (Fsp3) is 0.0870. The second-order valence-electron chi connectivity index (χ2n) is 6.94. The zero-order valence-electron chi connectivity index (χ0n) is 15.6. The summed E-state index contributed by atoms with van der Waals surface area (Å²) in [4.78, 5) is 4.83. The summed E-state index contributed by atoms with van der Waals surface area (Å²) >= 11 is 0. The fourth-order valence-electron chi connectivity index (χ4n) is 3.77. The molecule has 0 saturated carbocycles. The van der Waals surface area contributed by atoms with Gasteiger partial charge >= 0.3 is 0 Å². The van der Waals surface area contributed by atoms with E-state index < -0.39 is 0 Å². The molecule has 0 aliphatic heterocycles. The van der Waals surface area contributed by atoms with E-state index in [2.05, 4.69) is 40.0 Å². The van der Waals surface area contributed by atoms with E-state index in [1.54, 1.807) is 0 Å². The van der Waals surface area contributed by atoms with E-state index in [0.717, 1.165) is 44.2 Å². The third kappa shape index (κ3) is 2.39. The number of fused-ring (bicyclic) bond motifs is 2. The first kappa shape index (κ1) is 16.3. The Morgan fingerprint density at radius 2 is 1.68 bits per heavy atom. The molecule has 5 rings (SSSR count). The topological polar surface area (TPSA) is 59.4 Å². The van der Waals surface area contributed by atoms with Crippen LogP contribution in [0.25, 0.3) is 44.2 Å². The Bertz CT molecular complexity index is 1380. The standard InChI is InChI=1S/C23H17N5/c1-27-10-9-19-21(27)14-25-23(22(19)16-5-3-15(12-24)4-6-16)17-7-8-20-18(11-17)13-26-28(20)2/h3-11,13-14H,1-2H3. The van der Waals surface area contributed by atoms with E-state index in [1.807, 2.05) is 61.6 Å². The molecule has 0 radical (unpaired) electrons. The van der Waals surface area contributed by atoms with Crippen molar-refractivity contribution in [2.45, 2.75) is 0 Å². The van der Waals surface area contributed by atoms with Crippen LogP contribution in [0.15, 0.2) is 67.1 Å². The van der Waals surface area contributed by atoms with Gasteiger partial charge in [0.1, 0.15) is 0 Å². The fourth-order valence-corrected chi connectivity index (χ4v) is 3.77. The molecule has 0 saturated heterocycles. The van der Waals surface area contributed by atoms with Gasteiger partial charge in [0.2, 0.25) is 0 Å². The highest BCUT2D eigenvalue weighted by Crippen LogP contribution is 2.37. The molecule has 28 heavy (non-hydrogen) atoms. The van der Waals surface area contributed by atoms with Crippen LogP contribution >= 0.6 is 0 Å². The SMILES string of the molecule is Cn1ccc2c(-c3ccc(C#N)cc3)c(-c3ccc4c(cnn4C)c3)ncc21. The molecule has 0 N–H and O–H groups in total. The predicted octanol–water partition coefficient (Wildman–Crippen LogP) is 4.67. The highest BCUT2D eigenvalue weighted by atomic mass is 15.2. The maximum Gasteiger partial charge on any atom is 0.0991 e. The van der Waals surface area contributed by atoms with Crippen LogP contribution in [0.2, 0.25) is 0 Å². The molecule has 0 atom stereocenters. The molecular weight excluding hydrogens is 346 g/mol. The van der Waals surface area contributed by atoms with Crippen LogP contribution in [0.3, 0.4) is 0 Å². The Hall–Kier alpha value is -3.91. The van der Waals surface area contributed by atoms with Crippen LogP contribution < -0.4 is 0 Å². The van der Waals surface area contributed by atoms with Crippen molar-refractivity contribution in [1.82, 2.24) is 19.3 Å². The highest BCUT2D eigenvalue weighted by Gasteiger charge is 2.16. The third-order valence-corrected chi connectivity index (χ3v) is 5.27. The number of nitriles is 1. The van der Waals surface area contributed by atoms with Crippen molar-refractivity contribution < 1.29 is 0 Å². The number of nitrogens with zero attached hydrogens (tertiary/aromatic N) is 5. The molecule has 0 spiro atoms. The van der Waals surface area contributed by atoms with Crippen molar-refractivity contribution >= 4 is 21.8 Å². The van der Waals surface area contributed by atoms with Gasteiger partial charge in [0.05, 0.1) is 40.8 Å². The summed E-state index contributed by atoms with van der Waals surface area (Å²) in [6, 6.07) is 18.3. The van der Waals surface area contributed by atoms with Crippen LogP contribution in [0, 0.1) is 11.3 Å². The quantitative estimate of drug-likeness (QED) is 0.458. The summed E-state index contributed by atoms with van der Waals surface area (Å²) in [5.74, 6) is 0. The molecule has 3 heterocycles. The van der Waals surface area contributed by atoms with Crippen molar-refractivity contribution in [3.8, 4) is 28.5 Å². The van der Waals surface area contributed by atoms with Crippen molar-refractivity contribution in [1.29, 1.82) is 5.26 Å². The number of pyridine rings is 1. The van der Waals surface area contributed by atoms with Gasteiger partial charge in [-0.2, -0.15) is 10.4 Å². The van der Waals surface area contributed by atoms with Crippen LogP contribution in [0.5, 0.6) is 0 Å². The van der Waals surface area contributed by atoms with Gasteiger partial charge in [0.25, 0.3) is 0 Å². The maximum absolute atomic E-state index is 9.14. The lowest BCUT2D eigenvalue weighted by Crippen LogP contribution is -1.93. The molecule has 5 aromatic rings. The van der Waals surface area contributed by atoms with Crippen LogP contribution in [0.1, 0.15) is 5.56 Å². The first-order valence-electron chi connectivity index (χ1n) is 9.02. The average molecular weight is 363 g/mol. The molecular formula is C23H17N5. The minimum absolute atomic E-state index is 0.648. The molecule has 0 aliphatic carbocycles. The number of aryl methyl sites for hydroxylation is 2. The Kier molecular flexibility index (Phi) is 3.53. The number of hydrogen-bond acceptors (Lipinski definition) is 3. The Morgan fingerprint density at radius 1 is 0.893 bits per heavy atom. The smallest absolute Gasteiger partial charge is 0.0991 e. The zero-order chi connectivity index (χ0) is 19.3. The monoisotopic (exact) mass is 363 g/mol. The number of rotatable bonds is 2. The molecule has 2 aromatic carbocycles. The second-order valence-corrected chi connectivity index (χ2v) is 6.94. The van der Waals surface area contributed by atoms with Crippen molar-refractivity contribution in [3.05, 3.63) is 72.7 Å². The van der Waals surface area contributed by atoms with Crippen molar-refractivity contribution in [3.63, 3.8) is 0 Å². The third-order valence-electron chi connectivity index (χ3n) is 5.27. The molecule has 0 amide bonds. The van der Waals surface area contributed by atoms with Gasteiger partial charge in [-0.15, -0.1) is 0 Å². The summed E-state index contributed by atoms with van der Waals surface area (Å²) in [5.41, 5.74) is 6.90. The lowest BCUT2D eigenvalue weighted by atomic mass is 9.95. The summed E-state index contributed by atoms with van der Waals surface area (Å²) in [7, 11) is 3.96. The van der Waals surface area contributed by atoms with Gasteiger partial charge in [-0.1, -0.05) is 18.2 Å². The molecule has 5 heteroatoms. The second kappa shape index (κ2) is 6.07. The van der Waals surface area contributed by atoms with Crippen molar-refractivity contribution in [2.75, 3.05) is 0 Å². The first-order valence-corrected chi connectivity index (χ1v) is 9.02. The van der Waals surface area contributed by atoms with Gasteiger partial charge in [-0.25, -0.2) is 0 Å². The number of hydrogen-bond donors (Lipinski definition) is 0. The molecule has 134 valence electrons. The maximum atomic E-state index is 9.14. The summed E-state index contributed by atoms with van der Waals surface area (Å²) in [6.07, 6.45) is 5.85. The number of aromatic nitrogens is 4. The predicted molar refractivity (Wildman–Crippen MR) is 111 cm³/mol.